The molecule has 4 heterocycles. The number of hydrogen-bond acceptors (Lipinski definition) is 15. The SMILES string of the molecule is [2H]C([2H])(OS(C)(=O)=O)C([2H])([2H])n1nnn(CC)c1=O.[2H]C([2H])([2H])OCC1(N(C(=O)CC)c2ccccc2)CCN(C([2H])([2H])C([2H])([2H])n2nnn(CC)c2=O)CC1.[2H]C([2H])([2H])OCC1(N(C(=O)CC)c2ccccc2)CCNCC1. The van der Waals surface area contributed by atoms with Gasteiger partial charge in [0.1, 0.15) is 0 Å². The summed E-state index contributed by atoms with van der Waals surface area (Å²) in [6.07, 6.45) is 2.57. The van der Waals surface area contributed by atoms with Gasteiger partial charge in [-0.3, -0.25) is 13.8 Å². The van der Waals surface area contributed by atoms with Crippen molar-refractivity contribution in [2.24, 2.45) is 0 Å². The van der Waals surface area contributed by atoms with Gasteiger partial charge in [-0.25, -0.2) is 9.59 Å². The maximum atomic E-state index is 13.2. The molecule has 1 N–H and O–H groups in total. The minimum absolute atomic E-state index is 0.00577. The van der Waals surface area contributed by atoms with E-state index in [-0.39, 0.29) is 75.2 Å². The zero-order chi connectivity index (χ0) is 59.6. The Bertz CT molecular complexity index is 2860. The van der Waals surface area contributed by atoms with Crippen molar-refractivity contribution < 1.29 is 50.9 Å². The zero-order valence-corrected chi connectivity index (χ0v) is 38.0. The van der Waals surface area contributed by atoms with Crippen LogP contribution in [0.4, 0.5) is 11.4 Å². The number of aryl methyl sites for hydroxylation is 4. The van der Waals surface area contributed by atoms with E-state index in [0.717, 1.165) is 28.1 Å². The summed E-state index contributed by atoms with van der Waals surface area (Å²) in [6, 6.07) is 18.2. The van der Waals surface area contributed by atoms with Crippen molar-refractivity contribution in [3.05, 3.63) is 81.6 Å². The lowest BCUT2D eigenvalue weighted by atomic mass is 9.85. The third kappa shape index (κ3) is 14.4. The topological polar surface area (TPSA) is 223 Å². The van der Waals surface area contributed by atoms with Crippen LogP contribution < -0.4 is 26.5 Å². The van der Waals surface area contributed by atoms with Crippen LogP contribution in [0, 0.1) is 0 Å². The number of anilines is 2. The van der Waals surface area contributed by atoms with E-state index in [9.17, 15) is 27.6 Å². The lowest BCUT2D eigenvalue weighted by Crippen LogP contribution is -2.60. The molecule has 360 valence electrons. The molecule has 0 saturated carbocycles. The Labute approximate surface area is 401 Å². The van der Waals surface area contributed by atoms with Crippen LogP contribution in [0.1, 0.15) is 85.4 Å². The van der Waals surface area contributed by atoms with E-state index >= 15 is 0 Å². The van der Waals surface area contributed by atoms with E-state index in [1.165, 1.54) is 9.80 Å². The highest BCUT2D eigenvalue weighted by Gasteiger charge is 2.43. The van der Waals surface area contributed by atoms with E-state index in [1.54, 1.807) is 56.0 Å². The number of nitrogens with one attached hydrogen (secondary N) is 1. The first kappa shape index (κ1) is 35.1. The summed E-state index contributed by atoms with van der Waals surface area (Å²) in [5, 5.41) is 16.9. The van der Waals surface area contributed by atoms with Crippen LogP contribution in [-0.4, -0.2) is 149 Å². The van der Waals surface area contributed by atoms with E-state index < -0.39 is 72.7 Å². The minimum atomic E-state index is -4.27. The average molecular weight is 943 g/mol. The number of benzene rings is 2. The van der Waals surface area contributed by atoms with Gasteiger partial charge in [0.05, 0.1) is 66.5 Å². The Morgan fingerprint density at radius 2 is 1.12 bits per heavy atom. The molecule has 0 radical (unpaired) electrons. The molecule has 2 aromatic carbocycles. The highest BCUT2D eigenvalue weighted by Crippen LogP contribution is 2.35. The minimum Gasteiger partial charge on any atom is -0.382 e. The molecule has 0 atom stereocenters. The van der Waals surface area contributed by atoms with Crippen molar-refractivity contribution in [3.8, 4) is 0 Å². The Morgan fingerprint density at radius 3 is 1.52 bits per heavy atom. The van der Waals surface area contributed by atoms with Gasteiger partial charge in [-0.15, -0.1) is 0 Å². The molecular weight excluding hydrogens is 861 g/mol. The van der Waals surface area contributed by atoms with Gasteiger partial charge in [0.15, 0.2) is 0 Å². The molecule has 6 rings (SSSR count). The Morgan fingerprint density at radius 1 is 0.692 bits per heavy atom. The summed E-state index contributed by atoms with van der Waals surface area (Å²) in [5.41, 5.74) is -2.31. The largest absolute Gasteiger partial charge is 0.382 e. The molecule has 0 aliphatic carbocycles. The Kier molecular flexibility index (Phi) is 13.8. The van der Waals surface area contributed by atoms with Crippen LogP contribution >= 0.6 is 0 Å². The lowest BCUT2D eigenvalue weighted by Gasteiger charge is -2.48. The number of aromatic nitrogens is 8. The van der Waals surface area contributed by atoms with E-state index in [2.05, 4.69) is 30.4 Å². The first-order valence-corrected chi connectivity index (χ1v) is 22.8. The number of piperidine rings is 2. The van der Waals surface area contributed by atoms with E-state index in [0.29, 0.717) is 35.9 Å². The van der Waals surface area contributed by atoms with Crippen LogP contribution in [0.25, 0.3) is 0 Å². The molecule has 2 saturated heterocycles. The molecule has 2 fully saturated rings. The fourth-order valence-electron chi connectivity index (χ4n) is 7.24. The number of tetrazole rings is 2. The summed E-state index contributed by atoms with van der Waals surface area (Å²) in [6.45, 7) is -4.04. The maximum absolute atomic E-state index is 13.2. The first-order chi connectivity index (χ1) is 36.5. The molecular formula is C43H68N12O9S. The number of carbonyl (C=O) groups is 2. The summed E-state index contributed by atoms with van der Waals surface area (Å²) in [7, 11) is -9.44. The van der Waals surface area contributed by atoms with Crippen molar-refractivity contribution in [2.75, 3.05) is 82.6 Å². The van der Waals surface area contributed by atoms with Gasteiger partial charge in [-0.1, -0.05) is 50.2 Å². The summed E-state index contributed by atoms with van der Waals surface area (Å²) in [5.74, 6) is -0.276. The number of hydrogen-bond donors (Lipinski definition) is 1. The smallest absolute Gasteiger partial charge is 0.363 e. The number of para-hydroxylation sites is 2. The van der Waals surface area contributed by atoms with Crippen LogP contribution in [-0.2, 0) is 59.4 Å². The number of carbonyl (C=O) groups excluding carboxylic acids is 2. The van der Waals surface area contributed by atoms with Crippen molar-refractivity contribution in [2.45, 2.75) is 103 Å². The predicted octanol–water partition coefficient (Wildman–Crippen LogP) is 2.02. The van der Waals surface area contributed by atoms with E-state index in [4.69, 9.17) is 28.7 Å². The number of ether oxygens (including phenoxy) is 2. The van der Waals surface area contributed by atoms with Gasteiger partial charge in [-0.2, -0.15) is 27.1 Å². The maximum Gasteiger partial charge on any atom is 0.363 e. The van der Waals surface area contributed by atoms with Gasteiger partial charge < -0.3 is 29.5 Å². The molecule has 0 spiro atoms. The molecule has 4 aromatic rings. The van der Waals surface area contributed by atoms with Crippen molar-refractivity contribution in [3.63, 3.8) is 0 Å². The lowest BCUT2D eigenvalue weighted by molar-refractivity contribution is -0.121. The number of nitrogens with zero attached hydrogens (tertiary/aromatic N) is 11. The predicted molar refractivity (Wildman–Crippen MR) is 246 cm³/mol. The molecule has 2 aliphatic heterocycles. The molecule has 0 bridgehead atoms. The Balaban J connectivity index is 0.000000275. The third-order valence-corrected chi connectivity index (χ3v) is 10.9. The fraction of sp³-hybridized carbons (Fsp3) is 0.628. The van der Waals surface area contributed by atoms with Crippen LogP contribution in [0.2, 0.25) is 0 Å². The van der Waals surface area contributed by atoms with Gasteiger partial charge in [-0.05, 0) is 97.7 Å². The van der Waals surface area contributed by atoms with Crippen LogP contribution in [0.3, 0.4) is 0 Å². The van der Waals surface area contributed by atoms with Crippen molar-refractivity contribution in [1.29, 1.82) is 0 Å². The van der Waals surface area contributed by atoms with Gasteiger partial charge in [0.2, 0.25) is 11.8 Å². The molecule has 65 heavy (non-hydrogen) atoms. The second-order valence-corrected chi connectivity index (χ2v) is 16.4. The number of methoxy groups -OCH3 is 2. The summed E-state index contributed by atoms with van der Waals surface area (Å²) >= 11 is 0. The summed E-state index contributed by atoms with van der Waals surface area (Å²) in [4.78, 5) is 54.4. The fourth-order valence-corrected chi connectivity index (χ4v) is 7.43. The second kappa shape index (κ2) is 25.5. The van der Waals surface area contributed by atoms with Gasteiger partial charge in [0.25, 0.3) is 10.1 Å². The summed E-state index contributed by atoms with van der Waals surface area (Å²) < 4.78 is 147. The van der Waals surface area contributed by atoms with Crippen LogP contribution in [0.5, 0.6) is 0 Å². The normalized spacial score (nSPS) is 20.3. The standard InChI is InChI=1S/C21H32N6O3.C16H24N2O2.C6H12N4O4S/c1-4-19(28)27(18-9-7-6-8-10-18)21(17-30-3)11-13-24(14-12-21)15-16-26-20(29)25(5-2)22-23-26;1-3-15(19)18(14-7-5-4-6-8-14)16(13-20-2)9-11-17-12-10-16;1-3-9-6(11)10(8-7-9)4-5-14-15(2,12)13/h6-10H,4-5,11-17H2,1-3H3;4-8,17H,3,9-13H2,1-2H3;3-5H2,1-2H3/i3D3,15D2,16D2;2D3;4D2,5D2. The highest BCUT2D eigenvalue weighted by atomic mass is 32.2. The molecule has 0 unspecified atom stereocenters. The van der Waals surface area contributed by atoms with Crippen molar-refractivity contribution >= 4 is 33.3 Å². The Hall–Kier alpha value is -5.13. The number of amides is 2. The molecule has 21 nitrogen and oxygen atoms in total. The molecule has 2 amide bonds. The first-order valence-electron chi connectivity index (χ1n) is 28.0. The van der Waals surface area contributed by atoms with Crippen molar-refractivity contribution in [1.82, 2.24) is 49.8 Å². The quantitative estimate of drug-likeness (QED) is 0.133. The zero-order valence-electron chi connectivity index (χ0n) is 51.2. The highest BCUT2D eigenvalue weighted by molar-refractivity contribution is 7.85. The van der Waals surface area contributed by atoms with Crippen LogP contribution in [0.15, 0.2) is 70.3 Å². The average Bonchev–Trinajstić information content (AvgIpc) is 3.97. The molecule has 2 aliphatic rings. The monoisotopic (exact) mass is 943 g/mol. The molecule has 22 heteroatoms. The number of rotatable bonds is 19. The number of likely N-dealkylation sites (tertiary alicyclic amines) is 1. The second-order valence-electron chi connectivity index (χ2n) is 14.8. The van der Waals surface area contributed by atoms with E-state index in [1.807, 2.05) is 37.3 Å². The molecule has 2 aromatic heterocycles. The van der Waals surface area contributed by atoms with Gasteiger partial charge >= 0.3 is 11.4 Å². The van der Waals surface area contributed by atoms with Gasteiger partial charge in [0, 0.05) is 73.7 Å². The third-order valence-electron chi connectivity index (χ3n) is 10.5.